The number of rotatable bonds is 2. The van der Waals surface area contributed by atoms with E-state index in [2.05, 4.69) is 0 Å². The van der Waals surface area contributed by atoms with E-state index in [1.165, 1.54) is 57.8 Å². The Morgan fingerprint density at radius 3 is 2.00 bits per heavy atom. The van der Waals surface area contributed by atoms with Crippen LogP contribution in [-0.4, -0.2) is 23.3 Å². The van der Waals surface area contributed by atoms with Crippen LogP contribution in [-0.2, 0) is 9.53 Å². The lowest BCUT2D eigenvalue weighted by Crippen LogP contribution is -2.43. The summed E-state index contributed by atoms with van der Waals surface area (Å²) in [5, 5.41) is 10.5. The number of hydrogen-bond donors (Lipinski definition) is 1. The highest BCUT2D eigenvalue weighted by atomic mass is 16.5. The third kappa shape index (κ3) is 3.52. The number of ether oxygens (including phenoxy) is 1. The number of hydrogen-bond acceptors (Lipinski definition) is 3. The van der Waals surface area contributed by atoms with Gasteiger partial charge in [-0.2, -0.15) is 0 Å². The van der Waals surface area contributed by atoms with Crippen LogP contribution in [0.1, 0.15) is 83.5 Å². The molecule has 7 atom stereocenters. The molecule has 4 aliphatic carbocycles. The Hall–Kier alpha value is -0.570. The lowest BCUT2D eigenvalue weighted by molar-refractivity contribution is -0.166. The first-order valence-electron chi connectivity index (χ1n) is 10.6. The van der Waals surface area contributed by atoms with Crippen molar-refractivity contribution in [3.05, 3.63) is 0 Å². The second kappa shape index (κ2) is 7.35. The summed E-state index contributed by atoms with van der Waals surface area (Å²) < 4.78 is 5.93. The Balaban J connectivity index is 1.32. The third-order valence-corrected chi connectivity index (χ3v) is 7.71. The molecule has 0 aromatic rings. The van der Waals surface area contributed by atoms with Crippen molar-refractivity contribution in [2.75, 3.05) is 0 Å². The van der Waals surface area contributed by atoms with Crippen molar-refractivity contribution < 1.29 is 14.6 Å². The molecular formula is C21H34O3. The van der Waals surface area contributed by atoms with Gasteiger partial charge in [-0.05, 0) is 55.8 Å². The molecule has 0 radical (unpaired) electrons. The molecule has 0 spiro atoms. The Morgan fingerprint density at radius 1 is 0.708 bits per heavy atom. The van der Waals surface area contributed by atoms with Crippen molar-refractivity contribution in [1.82, 2.24) is 0 Å². The van der Waals surface area contributed by atoms with Crippen LogP contribution in [0.3, 0.4) is 0 Å². The lowest BCUT2D eigenvalue weighted by Gasteiger charge is -2.42. The van der Waals surface area contributed by atoms with Crippen molar-refractivity contribution in [1.29, 1.82) is 0 Å². The Kier molecular flexibility index (Phi) is 5.17. The van der Waals surface area contributed by atoms with Crippen LogP contribution < -0.4 is 0 Å². The molecule has 3 heteroatoms. The molecule has 1 N–H and O–H groups in total. The van der Waals surface area contributed by atoms with Gasteiger partial charge in [-0.1, -0.05) is 51.4 Å². The first kappa shape index (κ1) is 16.9. The number of esters is 1. The van der Waals surface area contributed by atoms with Gasteiger partial charge in [0.25, 0.3) is 0 Å². The average Bonchev–Trinajstić information content (AvgIpc) is 2.61. The van der Waals surface area contributed by atoms with Gasteiger partial charge in [0.15, 0.2) is 0 Å². The molecule has 24 heavy (non-hydrogen) atoms. The van der Waals surface area contributed by atoms with Crippen LogP contribution in [0.2, 0.25) is 0 Å². The maximum atomic E-state index is 12.7. The van der Waals surface area contributed by atoms with E-state index in [0.717, 1.165) is 37.5 Å². The first-order valence-corrected chi connectivity index (χ1v) is 10.6. The second-order valence-corrected chi connectivity index (χ2v) is 9.13. The highest BCUT2D eigenvalue weighted by Crippen LogP contribution is 2.44. The summed E-state index contributed by atoms with van der Waals surface area (Å²) in [5.41, 5.74) is 0. The highest BCUT2D eigenvalue weighted by molar-refractivity contribution is 5.73. The largest absolute Gasteiger partial charge is 0.462 e. The van der Waals surface area contributed by atoms with E-state index in [0.29, 0.717) is 11.8 Å². The molecule has 4 saturated carbocycles. The van der Waals surface area contributed by atoms with Crippen LogP contribution in [0, 0.1) is 29.6 Å². The van der Waals surface area contributed by atoms with Crippen LogP contribution in [0.25, 0.3) is 0 Å². The van der Waals surface area contributed by atoms with Gasteiger partial charge in [0.2, 0.25) is 0 Å². The summed E-state index contributed by atoms with van der Waals surface area (Å²) in [7, 11) is 0. The molecule has 7 unspecified atom stereocenters. The summed E-state index contributed by atoms with van der Waals surface area (Å²) in [6.07, 6.45) is 15.2. The zero-order chi connectivity index (χ0) is 16.5. The van der Waals surface area contributed by atoms with Crippen molar-refractivity contribution in [3.63, 3.8) is 0 Å². The van der Waals surface area contributed by atoms with Crippen molar-refractivity contribution >= 4 is 5.97 Å². The number of carbonyl (C=O) groups is 1. The number of fused-ring (bicyclic) bond motifs is 2. The first-order chi connectivity index (χ1) is 11.7. The van der Waals surface area contributed by atoms with Gasteiger partial charge in [0, 0.05) is 0 Å². The molecule has 0 aromatic heterocycles. The summed E-state index contributed by atoms with van der Waals surface area (Å²) in [6.45, 7) is 0. The predicted octanol–water partition coefficient (Wildman–Crippen LogP) is 4.47. The van der Waals surface area contributed by atoms with Gasteiger partial charge in [-0.3, -0.25) is 4.79 Å². The van der Waals surface area contributed by atoms with Gasteiger partial charge < -0.3 is 9.84 Å². The zero-order valence-electron chi connectivity index (χ0n) is 15.0. The highest BCUT2D eigenvalue weighted by Gasteiger charge is 2.42. The number of carbonyl (C=O) groups excluding carboxylic acids is 1. The molecule has 0 bridgehead atoms. The van der Waals surface area contributed by atoms with Gasteiger partial charge in [0.1, 0.15) is 6.10 Å². The van der Waals surface area contributed by atoms with Crippen molar-refractivity contribution in [3.8, 4) is 0 Å². The number of aliphatic hydroxyl groups excluding tert-OH is 1. The minimum atomic E-state index is -0.470. The third-order valence-electron chi connectivity index (χ3n) is 7.71. The van der Waals surface area contributed by atoms with E-state index in [4.69, 9.17) is 4.74 Å². The van der Waals surface area contributed by atoms with Crippen LogP contribution in [0.4, 0.5) is 0 Å². The van der Waals surface area contributed by atoms with Crippen molar-refractivity contribution in [2.24, 2.45) is 29.6 Å². The molecule has 0 heterocycles. The second-order valence-electron chi connectivity index (χ2n) is 9.13. The summed E-state index contributed by atoms with van der Waals surface area (Å²) in [6, 6.07) is 0. The van der Waals surface area contributed by atoms with E-state index < -0.39 is 6.10 Å². The molecule has 4 rings (SSSR count). The summed E-state index contributed by atoms with van der Waals surface area (Å²) >= 11 is 0. The van der Waals surface area contributed by atoms with Gasteiger partial charge in [-0.25, -0.2) is 0 Å². The topological polar surface area (TPSA) is 46.5 Å². The SMILES string of the molecule is O=C(OC1CCC2CCCCC2C1)C1CC2CCCCC2CC1O. The monoisotopic (exact) mass is 334 g/mol. The molecule has 0 amide bonds. The van der Waals surface area contributed by atoms with E-state index in [-0.39, 0.29) is 18.0 Å². The predicted molar refractivity (Wildman–Crippen MR) is 93.4 cm³/mol. The van der Waals surface area contributed by atoms with E-state index in [9.17, 15) is 9.90 Å². The molecule has 0 aliphatic heterocycles. The van der Waals surface area contributed by atoms with Gasteiger partial charge in [0.05, 0.1) is 12.0 Å². The lowest BCUT2D eigenvalue weighted by atomic mass is 9.66. The van der Waals surface area contributed by atoms with Crippen LogP contribution in [0.15, 0.2) is 0 Å². The average molecular weight is 335 g/mol. The normalized spacial score (nSPS) is 45.8. The fraction of sp³-hybridized carbons (Fsp3) is 0.952. The molecule has 3 nitrogen and oxygen atoms in total. The smallest absolute Gasteiger partial charge is 0.311 e. The maximum Gasteiger partial charge on any atom is 0.311 e. The van der Waals surface area contributed by atoms with E-state index >= 15 is 0 Å². The summed E-state index contributed by atoms with van der Waals surface area (Å²) in [4.78, 5) is 12.7. The number of aliphatic hydroxyl groups is 1. The fourth-order valence-corrected chi connectivity index (χ4v) is 6.31. The molecule has 4 fully saturated rings. The Morgan fingerprint density at radius 2 is 1.29 bits per heavy atom. The standard InChI is InChI=1S/C21H34O3/c22-20-13-17-8-4-3-7-16(17)12-19(20)21(23)24-18-10-9-14-5-1-2-6-15(14)11-18/h14-20,22H,1-13H2. The Bertz CT molecular complexity index is 448. The van der Waals surface area contributed by atoms with E-state index in [1.807, 2.05) is 0 Å². The van der Waals surface area contributed by atoms with Gasteiger partial charge in [-0.15, -0.1) is 0 Å². The zero-order valence-corrected chi connectivity index (χ0v) is 15.0. The quantitative estimate of drug-likeness (QED) is 0.758. The molecular weight excluding hydrogens is 300 g/mol. The Labute approximate surface area is 146 Å². The minimum Gasteiger partial charge on any atom is -0.462 e. The van der Waals surface area contributed by atoms with Gasteiger partial charge >= 0.3 is 5.97 Å². The van der Waals surface area contributed by atoms with Crippen LogP contribution >= 0.6 is 0 Å². The minimum absolute atomic E-state index is 0.0919. The fourth-order valence-electron chi connectivity index (χ4n) is 6.31. The van der Waals surface area contributed by atoms with E-state index in [1.54, 1.807) is 0 Å². The summed E-state index contributed by atoms with van der Waals surface area (Å²) in [5.74, 6) is 2.62. The van der Waals surface area contributed by atoms with Crippen LogP contribution in [0.5, 0.6) is 0 Å². The molecule has 4 aliphatic rings. The molecule has 0 saturated heterocycles. The van der Waals surface area contributed by atoms with Crippen molar-refractivity contribution in [2.45, 2.75) is 95.7 Å². The molecule has 136 valence electrons. The molecule has 0 aromatic carbocycles. The maximum absolute atomic E-state index is 12.7.